The van der Waals surface area contributed by atoms with Crippen LogP contribution in [0.3, 0.4) is 0 Å². The number of fused-ring (bicyclic) bond motifs is 1. The molecule has 148 valence electrons. The van der Waals surface area contributed by atoms with E-state index >= 15 is 0 Å². The Morgan fingerprint density at radius 3 is 2.67 bits per heavy atom. The standard InChI is InChI=1S/C17H21NO8S/c1-18(12-3-6-27(21,22)10-12)15(19)9-26-17(20)11-7-13(23-2)16-14(8-11)24-4-5-25-16/h7-8,12H,3-6,9-10H2,1-2H3/t12-/m1/s1. The minimum Gasteiger partial charge on any atom is -0.493 e. The van der Waals surface area contributed by atoms with Gasteiger partial charge >= 0.3 is 5.97 Å². The van der Waals surface area contributed by atoms with Crippen molar-refractivity contribution >= 4 is 21.7 Å². The molecule has 0 bridgehead atoms. The topological polar surface area (TPSA) is 108 Å². The number of benzene rings is 1. The van der Waals surface area contributed by atoms with Crippen LogP contribution in [-0.4, -0.2) is 76.7 Å². The molecule has 9 nitrogen and oxygen atoms in total. The third-order valence-electron chi connectivity index (χ3n) is 4.54. The molecule has 1 atom stereocenters. The Labute approximate surface area is 157 Å². The highest BCUT2D eigenvalue weighted by atomic mass is 32.2. The maximum absolute atomic E-state index is 12.3. The van der Waals surface area contributed by atoms with E-state index in [1.807, 2.05) is 0 Å². The first-order chi connectivity index (χ1) is 12.8. The first-order valence-corrected chi connectivity index (χ1v) is 10.2. The summed E-state index contributed by atoms with van der Waals surface area (Å²) in [6, 6.07) is 2.53. The number of sulfone groups is 1. The Bertz CT molecular complexity index is 833. The lowest BCUT2D eigenvalue weighted by Gasteiger charge is -2.23. The summed E-state index contributed by atoms with van der Waals surface area (Å²) in [6.07, 6.45) is 0.387. The third kappa shape index (κ3) is 4.26. The first kappa shape index (κ1) is 19.3. The number of hydrogen-bond donors (Lipinski definition) is 0. The van der Waals surface area contributed by atoms with Crippen LogP contribution in [0.2, 0.25) is 0 Å². The largest absolute Gasteiger partial charge is 0.493 e. The maximum Gasteiger partial charge on any atom is 0.338 e. The second kappa shape index (κ2) is 7.63. The van der Waals surface area contributed by atoms with E-state index in [0.29, 0.717) is 36.9 Å². The van der Waals surface area contributed by atoms with Gasteiger partial charge in [-0.25, -0.2) is 13.2 Å². The van der Waals surface area contributed by atoms with Crippen LogP contribution < -0.4 is 14.2 Å². The van der Waals surface area contributed by atoms with E-state index in [1.54, 1.807) is 0 Å². The summed E-state index contributed by atoms with van der Waals surface area (Å²) in [5, 5.41) is 0. The highest BCUT2D eigenvalue weighted by Crippen LogP contribution is 2.40. The predicted molar refractivity (Wildman–Crippen MR) is 94.1 cm³/mol. The third-order valence-corrected chi connectivity index (χ3v) is 6.29. The number of rotatable bonds is 5. The van der Waals surface area contributed by atoms with Gasteiger partial charge in [0.05, 0.1) is 24.2 Å². The molecule has 10 heteroatoms. The molecule has 3 rings (SSSR count). The highest BCUT2D eigenvalue weighted by molar-refractivity contribution is 7.91. The van der Waals surface area contributed by atoms with Crippen LogP contribution in [0.4, 0.5) is 0 Å². The molecule has 2 aliphatic heterocycles. The van der Waals surface area contributed by atoms with Gasteiger partial charge in [0, 0.05) is 13.1 Å². The lowest BCUT2D eigenvalue weighted by atomic mass is 10.1. The molecular weight excluding hydrogens is 378 g/mol. The molecule has 2 aliphatic rings. The average molecular weight is 399 g/mol. The van der Waals surface area contributed by atoms with E-state index in [9.17, 15) is 18.0 Å². The number of esters is 1. The van der Waals surface area contributed by atoms with Crippen molar-refractivity contribution in [3.05, 3.63) is 17.7 Å². The van der Waals surface area contributed by atoms with Gasteiger partial charge in [-0.05, 0) is 18.6 Å². The number of hydrogen-bond acceptors (Lipinski definition) is 8. The molecule has 0 spiro atoms. The number of amides is 1. The van der Waals surface area contributed by atoms with Gasteiger partial charge in [0.1, 0.15) is 13.2 Å². The number of likely N-dealkylation sites (N-methyl/N-ethyl adjacent to an activating group) is 1. The average Bonchev–Trinajstić information content (AvgIpc) is 3.03. The van der Waals surface area contributed by atoms with Crippen molar-refractivity contribution in [2.45, 2.75) is 12.5 Å². The zero-order valence-electron chi connectivity index (χ0n) is 15.1. The molecule has 0 radical (unpaired) electrons. The van der Waals surface area contributed by atoms with Crippen LogP contribution in [0.5, 0.6) is 17.2 Å². The molecule has 1 amide bonds. The molecule has 2 heterocycles. The minimum absolute atomic E-state index is 0.0616. The molecule has 0 aliphatic carbocycles. The van der Waals surface area contributed by atoms with Crippen molar-refractivity contribution < 1.29 is 37.0 Å². The Balaban J connectivity index is 1.63. The predicted octanol–water partition coefficient (Wildman–Crippen LogP) is 0.269. The van der Waals surface area contributed by atoms with E-state index in [2.05, 4.69) is 0 Å². The summed E-state index contributed by atoms with van der Waals surface area (Å²) in [4.78, 5) is 25.8. The van der Waals surface area contributed by atoms with E-state index < -0.39 is 34.4 Å². The molecule has 1 fully saturated rings. The van der Waals surface area contributed by atoms with Gasteiger partial charge in [-0.3, -0.25) is 4.79 Å². The number of methoxy groups -OCH3 is 1. The van der Waals surface area contributed by atoms with Crippen LogP contribution in [0.1, 0.15) is 16.8 Å². The smallest absolute Gasteiger partial charge is 0.338 e. The van der Waals surface area contributed by atoms with Crippen molar-refractivity contribution in [2.24, 2.45) is 0 Å². The Morgan fingerprint density at radius 1 is 1.26 bits per heavy atom. The number of carbonyl (C=O) groups is 2. The van der Waals surface area contributed by atoms with Crippen molar-refractivity contribution in [1.29, 1.82) is 0 Å². The van der Waals surface area contributed by atoms with Crippen molar-refractivity contribution in [1.82, 2.24) is 4.90 Å². The Kier molecular flexibility index (Phi) is 5.45. The van der Waals surface area contributed by atoms with Gasteiger partial charge < -0.3 is 23.8 Å². The molecule has 0 unspecified atom stereocenters. The molecule has 1 saturated heterocycles. The monoisotopic (exact) mass is 399 g/mol. The normalized spacial score (nSPS) is 20.0. The summed E-state index contributed by atoms with van der Waals surface area (Å²) >= 11 is 0. The van der Waals surface area contributed by atoms with E-state index in [1.165, 1.54) is 31.2 Å². The Morgan fingerprint density at radius 2 is 2.00 bits per heavy atom. The van der Waals surface area contributed by atoms with Crippen LogP contribution in [0.25, 0.3) is 0 Å². The molecule has 0 aromatic heterocycles. The summed E-state index contributed by atoms with van der Waals surface area (Å²) in [6.45, 7) is 0.246. The van der Waals surface area contributed by atoms with E-state index in [4.69, 9.17) is 18.9 Å². The Hall–Kier alpha value is -2.49. The SMILES string of the molecule is COc1cc(C(=O)OCC(=O)N(C)[C@@H]2CCS(=O)(=O)C2)cc2c1OCCO2. The quantitative estimate of drug-likeness (QED) is 0.649. The lowest BCUT2D eigenvalue weighted by Crippen LogP contribution is -2.40. The molecule has 0 saturated carbocycles. The highest BCUT2D eigenvalue weighted by Gasteiger charge is 2.33. The summed E-state index contributed by atoms with van der Waals surface area (Å²) < 4.78 is 44.3. The fraction of sp³-hybridized carbons (Fsp3) is 0.529. The van der Waals surface area contributed by atoms with Crippen molar-refractivity contribution in [3.63, 3.8) is 0 Å². The summed E-state index contributed by atoms with van der Waals surface area (Å²) in [5.74, 6) is -0.0697. The number of nitrogens with zero attached hydrogens (tertiary/aromatic N) is 1. The van der Waals surface area contributed by atoms with Gasteiger partial charge in [-0.2, -0.15) is 0 Å². The number of ether oxygens (including phenoxy) is 4. The second-order valence-corrected chi connectivity index (χ2v) is 8.57. The zero-order valence-corrected chi connectivity index (χ0v) is 15.9. The molecule has 27 heavy (non-hydrogen) atoms. The zero-order chi connectivity index (χ0) is 19.6. The van der Waals surface area contributed by atoms with Crippen molar-refractivity contribution in [2.75, 3.05) is 45.5 Å². The summed E-state index contributed by atoms with van der Waals surface area (Å²) in [7, 11) is -0.156. The van der Waals surface area contributed by atoms with Gasteiger partial charge in [-0.1, -0.05) is 0 Å². The van der Waals surface area contributed by atoms with Gasteiger partial charge in [0.15, 0.2) is 27.9 Å². The van der Waals surface area contributed by atoms with Crippen LogP contribution >= 0.6 is 0 Å². The summed E-state index contributed by atoms with van der Waals surface area (Å²) in [5.41, 5.74) is 0.162. The number of carbonyl (C=O) groups excluding carboxylic acids is 2. The van der Waals surface area contributed by atoms with Gasteiger partial charge in [0.2, 0.25) is 5.75 Å². The van der Waals surface area contributed by atoms with Gasteiger partial charge in [-0.15, -0.1) is 0 Å². The second-order valence-electron chi connectivity index (χ2n) is 6.34. The molecule has 0 N–H and O–H groups in total. The molecular formula is C17H21NO8S. The maximum atomic E-state index is 12.3. The first-order valence-electron chi connectivity index (χ1n) is 8.41. The molecule has 1 aromatic rings. The van der Waals surface area contributed by atoms with Crippen LogP contribution in [0, 0.1) is 0 Å². The van der Waals surface area contributed by atoms with E-state index in [-0.39, 0.29) is 17.1 Å². The lowest BCUT2D eigenvalue weighted by molar-refractivity contribution is -0.134. The fourth-order valence-electron chi connectivity index (χ4n) is 2.99. The molecule has 1 aromatic carbocycles. The van der Waals surface area contributed by atoms with Crippen molar-refractivity contribution in [3.8, 4) is 17.2 Å². The minimum atomic E-state index is -3.11. The van der Waals surface area contributed by atoms with Crippen LogP contribution in [-0.2, 0) is 19.4 Å². The van der Waals surface area contributed by atoms with Crippen LogP contribution in [0.15, 0.2) is 12.1 Å². The fourth-order valence-corrected chi connectivity index (χ4v) is 4.76. The van der Waals surface area contributed by atoms with E-state index in [0.717, 1.165) is 0 Å². The van der Waals surface area contributed by atoms with Gasteiger partial charge in [0.25, 0.3) is 5.91 Å².